The Kier molecular flexibility index (Phi) is 5.80. The van der Waals surface area contributed by atoms with Crippen molar-refractivity contribution in [3.63, 3.8) is 0 Å². The van der Waals surface area contributed by atoms with Crippen molar-refractivity contribution in [2.75, 3.05) is 22.5 Å². The van der Waals surface area contributed by atoms with Crippen molar-refractivity contribution in [3.05, 3.63) is 53.6 Å². The zero-order valence-electron chi connectivity index (χ0n) is 13.7. The summed E-state index contributed by atoms with van der Waals surface area (Å²) < 4.78 is 0. The summed E-state index contributed by atoms with van der Waals surface area (Å²) in [5.41, 5.74) is 0.955. The van der Waals surface area contributed by atoms with E-state index in [2.05, 4.69) is 10.6 Å². The molecule has 0 spiro atoms. The molecule has 3 rings (SSSR count). The topological polar surface area (TPSA) is 78.5 Å². The molecule has 1 saturated heterocycles. The van der Waals surface area contributed by atoms with Gasteiger partial charge < -0.3 is 10.6 Å². The number of imide groups is 1. The van der Waals surface area contributed by atoms with E-state index in [-0.39, 0.29) is 18.4 Å². The van der Waals surface area contributed by atoms with Crippen LogP contribution in [0.25, 0.3) is 0 Å². The average molecular weight is 390 g/mol. The number of nitrogens with zero attached hydrogens (tertiary/aromatic N) is 1. The highest BCUT2D eigenvalue weighted by Gasteiger charge is 2.29. The minimum absolute atomic E-state index is 0.0192. The molecule has 0 aromatic heterocycles. The third-order valence-electron chi connectivity index (χ3n) is 3.65. The van der Waals surface area contributed by atoms with Gasteiger partial charge in [-0.15, -0.1) is 11.8 Å². The van der Waals surface area contributed by atoms with Crippen LogP contribution in [-0.2, 0) is 9.59 Å². The molecule has 2 N–H and O–H groups in total. The first kappa shape index (κ1) is 18.3. The molecule has 1 fully saturated rings. The van der Waals surface area contributed by atoms with Gasteiger partial charge in [0.2, 0.25) is 5.91 Å². The fourth-order valence-electron chi connectivity index (χ4n) is 2.45. The van der Waals surface area contributed by atoms with Crippen molar-refractivity contribution in [2.45, 2.75) is 11.3 Å². The Morgan fingerprint density at radius 3 is 2.73 bits per heavy atom. The van der Waals surface area contributed by atoms with Gasteiger partial charge in [0.05, 0.1) is 17.3 Å². The molecule has 6 nitrogen and oxygen atoms in total. The number of amides is 4. The van der Waals surface area contributed by atoms with Crippen molar-refractivity contribution in [2.24, 2.45) is 0 Å². The lowest BCUT2D eigenvalue weighted by Gasteiger charge is -2.14. The molecular formula is C18H16ClN3O3S. The van der Waals surface area contributed by atoms with E-state index in [1.54, 1.807) is 24.3 Å². The quantitative estimate of drug-likeness (QED) is 0.585. The first-order chi connectivity index (χ1) is 12.5. The second-order valence-corrected chi connectivity index (χ2v) is 7.06. The average Bonchev–Trinajstić information content (AvgIpc) is 2.95. The summed E-state index contributed by atoms with van der Waals surface area (Å²) in [6.07, 6.45) is 0.309. The molecule has 1 aliphatic rings. The molecule has 0 radical (unpaired) electrons. The van der Waals surface area contributed by atoms with E-state index < -0.39 is 6.03 Å². The van der Waals surface area contributed by atoms with Crippen LogP contribution in [0, 0.1) is 0 Å². The second-order valence-electron chi connectivity index (χ2n) is 5.52. The van der Waals surface area contributed by atoms with Crippen LogP contribution >= 0.6 is 23.4 Å². The number of thioether (sulfide) groups is 1. The van der Waals surface area contributed by atoms with Crippen LogP contribution in [0.2, 0.25) is 5.02 Å². The SMILES string of the molecule is O=C(CCSc1ccccc1Cl)Nc1cccc(N2C(=O)CNC2=O)c1. The van der Waals surface area contributed by atoms with Crippen LogP contribution < -0.4 is 15.5 Å². The molecular weight excluding hydrogens is 374 g/mol. The van der Waals surface area contributed by atoms with Crippen LogP contribution in [0.1, 0.15) is 6.42 Å². The van der Waals surface area contributed by atoms with Crippen LogP contribution in [0.3, 0.4) is 0 Å². The van der Waals surface area contributed by atoms with Crippen molar-refractivity contribution in [3.8, 4) is 0 Å². The maximum absolute atomic E-state index is 12.1. The summed E-state index contributed by atoms with van der Waals surface area (Å²) in [6, 6.07) is 13.6. The first-order valence-electron chi connectivity index (χ1n) is 7.92. The van der Waals surface area contributed by atoms with E-state index in [0.29, 0.717) is 28.6 Å². The standard InChI is InChI=1S/C18H16ClN3O3S/c19-14-6-1-2-7-15(14)26-9-8-16(23)21-12-4-3-5-13(10-12)22-17(24)11-20-18(22)25/h1-7,10H,8-9,11H2,(H,20,25)(H,21,23). The van der Waals surface area contributed by atoms with Gasteiger partial charge in [0.25, 0.3) is 5.91 Å². The number of nitrogens with one attached hydrogen (secondary N) is 2. The normalized spacial score (nSPS) is 13.7. The van der Waals surface area contributed by atoms with Gasteiger partial charge in [0, 0.05) is 22.8 Å². The third kappa shape index (κ3) is 4.36. The summed E-state index contributed by atoms with van der Waals surface area (Å²) in [5, 5.41) is 5.91. The minimum Gasteiger partial charge on any atom is -0.328 e. The van der Waals surface area contributed by atoms with Gasteiger partial charge in [-0.2, -0.15) is 0 Å². The molecule has 26 heavy (non-hydrogen) atoms. The summed E-state index contributed by atoms with van der Waals surface area (Å²) in [4.78, 5) is 37.6. The van der Waals surface area contributed by atoms with Gasteiger partial charge in [0.15, 0.2) is 0 Å². The molecule has 2 aromatic rings. The molecule has 0 aliphatic carbocycles. The van der Waals surface area contributed by atoms with Gasteiger partial charge >= 0.3 is 6.03 Å². The smallest absolute Gasteiger partial charge is 0.328 e. The van der Waals surface area contributed by atoms with Crippen molar-refractivity contribution < 1.29 is 14.4 Å². The fraction of sp³-hybridized carbons (Fsp3) is 0.167. The lowest BCUT2D eigenvalue weighted by Crippen LogP contribution is -2.30. The van der Waals surface area contributed by atoms with Gasteiger partial charge in [-0.25, -0.2) is 9.69 Å². The number of benzene rings is 2. The first-order valence-corrected chi connectivity index (χ1v) is 9.29. The maximum Gasteiger partial charge on any atom is 0.329 e. The highest BCUT2D eigenvalue weighted by molar-refractivity contribution is 7.99. The molecule has 0 bridgehead atoms. The minimum atomic E-state index is -0.463. The zero-order valence-corrected chi connectivity index (χ0v) is 15.3. The number of anilines is 2. The molecule has 0 saturated carbocycles. The summed E-state index contributed by atoms with van der Waals surface area (Å²) in [6.45, 7) is -0.0192. The van der Waals surface area contributed by atoms with E-state index in [0.717, 1.165) is 9.80 Å². The maximum atomic E-state index is 12.1. The van der Waals surface area contributed by atoms with Gasteiger partial charge in [-0.05, 0) is 30.3 Å². The van der Waals surface area contributed by atoms with E-state index in [1.165, 1.54) is 11.8 Å². The summed E-state index contributed by atoms with van der Waals surface area (Å²) >= 11 is 7.60. The van der Waals surface area contributed by atoms with Gasteiger partial charge in [0.1, 0.15) is 0 Å². The van der Waals surface area contributed by atoms with Crippen LogP contribution in [-0.4, -0.2) is 30.1 Å². The molecule has 4 amide bonds. The number of urea groups is 1. The van der Waals surface area contributed by atoms with Crippen molar-refractivity contribution in [1.82, 2.24) is 5.32 Å². The van der Waals surface area contributed by atoms with E-state index in [4.69, 9.17) is 11.6 Å². The zero-order chi connectivity index (χ0) is 18.5. The molecule has 2 aromatic carbocycles. The molecule has 0 unspecified atom stereocenters. The number of rotatable bonds is 6. The Labute approximate surface area is 159 Å². The third-order valence-corrected chi connectivity index (χ3v) is 5.17. The summed E-state index contributed by atoms with van der Waals surface area (Å²) in [7, 11) is 0. The molecule has 1 heterocycles. The lowest BCUT2D eigenvalue weighted by molar-refractivity contribution is -0.116. The Morgan fingerprint density at radius 1 is 1.19 bits per heavy atom. The molecule has 134 valence electrons. The van der Waals surface area contributed by atoms with Gasteiger partial charge in [-0.1, -0.05) is 29.8 Å². The van der Waals surface area contributed by atoms with E-state index >= 15 is 0 Å². The predicted molar refractivity (Wildman–Crippen MR) is 103 cm³/mol. The number of carbonyl (C=O) groups excluding carboxylic acids is 3. The number of carbonyl (C=O) groups is 3. The van der Waals surface area contributed by atoms with Crippen LogP contribution in [0.4, 0.5) is 16.2 Å². The Hall–Kier alpha value is -2.51. The Balaban J connectivity index is 1.56. The van der Waals surface area contributed by atoms with Crippen molar-refractivity contribution >= 4 is 52.6 Å². The predicted octanol–water partition coefficient (Wildman–Crippen LogP) is 3.52. The van der Waals surface area contributed by atoms with Crippen LogP contribution in [0.15, 0.2) is 53.4 Å². The monoisotopic (exact) mass is 389 g/mol. The number of hydrogen-bond acceptors (Lipinski definition) is 4. The van der Waals surface area contributed by atoms with Gasteiger partial charge in [-0.3, -0.25) is 9.59 Å². The van der Waals surface area contributed by atoms with Crippen LogP contribution in [0.5, 0.6) is 0 Å². The Bertz CT molecular complexity index is 843. The highest BCUT2D eigenvalue weighted by Crippen LogP contribution is 2.27. The molecule has 8 heteroatoms. The van der Waals surface area contributed by atoms with Crippen molar-refractivity contribution in [1.29, 1.82) is 0 Å². The molecule has 1 aliphatic heterocycles. The largest absolute Gasteiger partial charge is 0.329 e. The fourth-order valence-corrected chi connectivity index (χ4v) is 3.63. The van der Waals surface area contributed by atoms with E-state index in [9.17, 15) is 14.4 Å². The highest BCUT2D eigenvalue weighted by atomic mass is 35.5. The molecule has 0 atom stereocenters. The Morgan fingerprint density at radius 2 is 2.00 bits per heavy atom. The number of halogens is 1. The lowest BCUT2D eigenvalue weighted by atomic mass is 10.2. The number of hydrogen-bond donors (Lipinski definition) is 2. The second kappa shape index (κ2) is 8.25. The van der Waals surface area contributed by atoms with E-state index in [1.807, 2.05) is 24.3 Å². The summed E-state index contributed by atoms with van der Waals surface area (Å²) in [5.74, 6) is 0.107.